The van der Waals surface area contributed by atoms with Gasteiger partial charge in [0.1, 0.15) is 5.75 Å². The first-order valence-corrected chi connectivity index (χ1v) is 10.0. The van der Waals surface area contributed by atoms with Crippen LogP contribution in [-0.2, 0) is 6.61 Å². The average Bonchev–Trinajstić information content (AvgIpc) is 2.76. The van der Waals surface area contributed by atoms with Crippen LogP contribution in [0.1, 0.15) is 11.1 Å². The van der Waals surface area contributed by atoms with Crippen LogP contribution in [0.2, 0.25) is 10.0 Å². The Morgan fingerprint density at radius 3 is 2.47 bits per heavy atom. The van der Waals surface area contributed by atoms with Gasteiger partial charge in [-0.1, -0.05) is 35.4 Å². The van der Waals surface area contributed by atoms with Crippen molar-refractivity contribution >= 4 is 57.6 Å². The molecule has 154 valence electrons. The van der Waals surface area contributed by atoms with Gasteiger partial charge in [0.15, 0.2) is 23.1 Å². The highest BCUT2D eigenvalue weighted by Gasteiger charge is 2.24. The molecule has 0 amide bonds. The van der Waals surface area contributed by atoms with Crippen molar-refractivity contribution in [1.82, 2.24) is 0 Å². The molecule has 0 aliphatic carbocycles. The van der Waals surface area contributed by atoms with Crippen molar-refractivity contribution in [2.24, 2.45) is 0 Å². The number of halogens is 2. The lowest BCUT2D eigenvalue weighted by Gasteiger charge is -2.11. The van der Waals surface area contributed by atoms with Crippen molar-refractivity contribution in [3.8, 4) is 5.75 Å². The highest BCUT2D eigenvalue weighted by Crippen LogP contribution is 2.27. The summed E-state index contributed by atoms with van der Waals surface area (Å²) >= 11 is 17.7. The number of ether oxygens (including phenoxy) is 1. The fourth-order valence-electron chi connectivity index (χ4n) is 2.75. The average molecular weight is 462 g/mol. The minimum absolute atomic E-state index is 0.0975. The number of hydrogen-bond acceptors (Lipinski definition) is 4. The van der Waals surface area contributed by atoms with Gasteiger partial charge in [0, 0.05) is 22.9 Å². The van der Waals surface area contributed by atoms with Crippen molar-refractivity contribution in [2.75, 3.05) is 12.4 Å². The normalized spacial score (nSPS) is 11.6. The lowest BCUT2D eigenvalue weighted by molar-refractivity contribution is -0.576. The maximum absolute atomic E-state index is 11.1. The van der Waals surface area contributed by atoms with Crippen molar-refractivity contribution in [1.29, 1.82) is 0 Å². The van der Waals surface area contributed by atoms with E-state index in [9.17, 15) is 10.2 Å². The van der Waals surface area contributed by atoms with Gasteiger partial charge in [0.25, 0.3) is 5.70 Å². The molecule has 1 aromatic heterocycles. The van der Waals surface area contributed by atoms with Gasteiger partial charge in [-0.05, 0) is 48.5 Å². The van der Waals surface area contributed by atoms with E-state index in [1.165, 1.54) is 0 Å². The van der Waals surface area contributed by atoms with E-state index in [1.54, 1.807) is 66.5 Å². The summed E-state index contributed by atoms with van der Waals surface area (Å²) in [5.41, 5.74) is 2.14. The molecule has 0 aliphatic heterocycles. The minimum atomic E-state index is -0.152. The summed E-state index contributed by atoms with van der Waals surface area (Å²) in [4.78, 5) is 0.267. The summed E-state index contributed by atoms with van der Waals surface area (Å²) in [5, 5.41) is 24.4. The van der Waals surface area contributed by atoms with Crippen LogP contribution < -0.4 is 14.6 Å². The second-order valence-electron chi connectivity index (χ2n) is 6.29. The molecular formula is C22H19Cl2N2O3S+. The Morgan fingerprint density at radius 1 is 1.10 bits per heavy atom. The molecule has 2 aromatic carbocycles. The summed E-state index contributed by atoms with van der Waals surface area (Å²) < 4.78 is 6.81. The standard InChI is InChI=1S/C22H18Cl2N2O3S/c1-29-17-7-5-16(6-8-17)25-22(30)20(26-10-2-3-14(12-26)13-27)21(28)15-4-9-18(23)19(24)11-15/h2-12,27H,13H2,1H3,(H-,25,28,30)/p+1. The van der Waals surface area contributed by atoms with Crippen molar-refractivity contribution in [3.05, 3.63) is 88.2 Å². The zero-order valence-electron chi connectivity index (χ0n) is 16.0. The number of anilines is 1. The van der Waals surface area contributed by atoms with Gasteiger partial charge in [-0.15, -0.1) is 0 Å². The molecule has 3 rings (SSSR count). The van der Waals surface area contributed by atoms with E-state index in [1.807, 2.05) is 12.1 Å². The fraction of sp³-hybridized carbons (Fsp3) is 0.0909. The van der Waals surface area contributed by atoms with Crippen LogP contribution in [0.3, 0.4) is 0 Å². The van der Waals surface area contributed by atoms with Crippen LogP contribution in [0.5, 0.6) is 5.75 Å². The van der Waals surface area contributed by atoms with Gasteiger partial charge in [0.05, 0.1) is 23.8 Å². The molecule has 0 saturated heterocycles. The molecule has 0 aliphatic rings. The van der Waals surface area contributed by atoms with Gasteiger partial charge in [-0.2, -0.15) is 4.57 Å². The third-order valence-corrected chi connectivity index (χ3v) is 5.32. The number of hydrogen-bond donors (Lipinski definition) is 3. The maximum atomic E-state index is 11.1. The highest BCUT2D eigenvalue weighted by atomic mass is 35.5. The summed E-state index contributed by atoms with van der Waals surface area (Å²) in [5.74, 6) is 0.616. The lowest BCUT2D eigenvalue weighted by atomic mass is 10.1. The van der Waals surface area contributed by atoms with Crippen molar-refractivity contribution in [3.63, 3.8) is 0 Å². The van der Waals surface area contributed by atoms with Crippen molar-refractivity contribution < 1.29 is 19.5 Å². The first-order valence-electron chi connectivity index (χ1n) is 8.88. The molecule has 1 heterocycles. The smallest absolute Gasteiger partial charge is 0.288 e. The molecule has 0 saturated carbocycles. The second kappa shape index (κ2) is 9.91. The molecule has 30 heavy (non-hydrogen) atoms. The van der Waals surface area contributed by atoms with Gasteiger partial charge in [-0.3, -0.25) is 0 Å². The third-order valence-electron chi connectivity index (χ3n) is 4.28. The lowest BCUT2D eigenvalue weighted by Crippen LogP contribution is -2.39. The second-order valence-corrected chi connectivity index (χ2v) is 7.51. The number of aliphatic hydroxyl groups excluding tert-OH is 2. The molecule has 0 fully saturated rings. The van der Waals surface area contributed by atoms with E-state index >= 15 is 0 Å². The Balaban J connectivity index is 2.07. The number of aliphatic hydroxyl groups is 2. The molecule has 0 atom stereocenters. The minimum Gasteiger partial charge on any atom is -0.502 e. The van der Waals surface area contributed by atoms with Crippen LogP contribution in [0.25, 0.3) is 11.5 Å². The fourth-order valence-corrected chi connectivity index (χ4v) is 3.37. The highest BCUT2D eigenvalue weighted by molar-refractivity contribution is 7.81. The predicted molar refractivity (Wildman–Crippen MR) is 124 cm³/mol. The predicted octanol–water partition coefficient (Wildman–Crippen LogP) is 5.11. The Bertz CT molecular complexity index is 1100. The number of aromatic nitrogens is 1. The maximum Gasteiger partial charge on any atom is 0.288 e. The number of nitrogens with one attached hydrogen (secondary N) is 1. The molecule has 0 unspecified atom stereocenters. The van der Waals surface area contributed by atoms with Crippen LogP contribution in [0, 0.1) is 0 Å². The summed E-state index contributed by atoms with van der Waals surface area (Å²) in [7, 11) is 1.59. The van der Waals surface area contributed by atoms with E-state index in [4.69, 9.17) is 40.2 Å². The number of benzene rings is 2. The van der Waals surface area contributed by atoms with Crippen LogP contribution >= 0.6 is 35.4 Å². The monoisotopic (exact) mass is 461 g/mol. The molecule has 0 radical (unpaired) electrons. The number of thiocarbonyl (C=S) groups is 1. The van der Waals surface area contributed by atoms with Gasteiger partial charge >= 0.3 is 0 Å². The number of nitrogens with zero attached hydrogens (tertiary/aromatic N) is 1. The van der Waals surface area contributed by atoms with E-state index in [0.29, 0.717) is 32.6 Å². The van der Waals surface area contributed by atoms with E-state index in [0.717, 1.165) is 5.69 Å². The topological polar surface area (TPSA) is 65.6 Å². The molecule has 3 N–H and O–H groups in total. The number of methoxy groups -OCH3 is 1. The Morgan fingerprint density at radius 2 is 1.83 bits per heavy atom. The summed E-state index contributed by atoms with van der Waals surface area (Å²) in [6.07, 6.45) is 3.41. The first kappa shape index (κ1) is 22.1. The molecule has 0 bridgehead atoms. The van der Waals surface area contributed by atoms with E-state index in [2.05, 4.69) is 5.32 Å². The van der Waals surface area contributed by atoms with Gasteiger partial charge < -0.3 is 20.3 Å². The SMILES string of the molecule is COc1ccc(NC(=S)/C(=C(\O)c2ccc(Cl)c(Cl)c2)[n+]2cccc(CO)c2)cc1. The van der Waals surface area contributed by atoms with Crippen LogP contribution in [-0.4, -0.2) is 22.3 Å². The molecular weight excluding hydrogens is 443 g/mol. The summed E-state index contributed by atoms with van der Waals surface area (Å²) in [6, 6.07) is 15.6. The zero-order chi connectivity index (χ0) is 21.7. The number of pyridine rings is 1. The van der Waals surface area contributed by atoms with E-state index < -0.39 is 0 Å². The van der Waals surface area contributed by atoms with Crippen LogP contribution in [0.4, 0.5) is 5.69 Å². The molecule has 3 aromatic rings. The zero-order valence-corrected chi connectivity index (χ0v) is 18.3. The van der Waals surface area contributed by atoms with Gasteiger partial charge in [-0.25, -0.2) is 0 Å². The van der Waals surface area contributed by atoms with E-state index in [-0.39, 0.29) is 17.4 Å². The van der Waals surface area contributed by atoms with Crippen molar-refractivity contribution in [2.45, 2.75) is 6.61 Å². The Labute approximate surface area is 189 Å². The van der Waals surface area contributed by atoms with Crippen LogP contribution in [0.15, 0.2) is 67.0 Å². The third kappa shape index (κ3) is 5.09. The quantitative estimate of drug-likeness (QED) is 0.206. The Hall–Kier alpha value is -2.64. The first-order chi connectivity index (χ1) is 14.4. The summed E-state index contributed by atoms with van der Waals surface area (Å²) in [6.45, 7) is -0.152. The molecule has 8 heteroatoms. The molecule has 0 spiro atoms. The number of rotatable bonds is 6. The largest absolute Gasteiger partial charge is 0.502 e. The Kier molecular flexibility index (Phi) is 7.29. The molecule has 5 nitrogen and oxygen atoms in total. The van der Waals surface area contributed by atoms with Gasteiger partial charge in [0.2, 0.25) is 0 Å².